The summed E-state index contributed by atoms with van der Waals surface area (Å²) in [7, 11) is 1.68. The fourth-order valence-corrected chi connectivity index (χ4v) is 7.58. The topological polar surface area (TPSA) is 91.3 Å². The van der Waals surface area contributed by atoms with Crippen LogP contribution in [0.1, 0.15) is 226 Å². The predicted molar refractivity (Wildman–Crippen MR) is 238 cm³/mol. The van der Waals surface area contributed by atoms with Crippen LogP contribution in [0.4, 0.5) is 0 Å². The van der Waals surface area contributed by atoms with Crippen LogP contribution < -0.4 is 0 Å². The van der Waals surface area contributed by atoms with Crippen molar-refractivity contribution in [2.45, 2.75) is 232 Å². The van der Waals surface area contributed by atoms with Gasteiger partial charge in [-0.15, -0.1) is 0 Å². The third-order valence-electron chi connectivity index (χ3n) is 10.6. The number of phosphoric acid groups is 1. The van der Waals surface area contributed by atoms with E-state index in [9.17, 15) is 14.3 Å². The largest absolute Gasteiger partial charge is 0.472 e. The van der Waals surface area contributed by atoms with E-state index in [1.165, 1.54) is 173 Å². The van der Waals surface area contributed by atoms with E-state index >= 15 is 0 Å². The van der Waals surface area contributed by atoms with Crippen molar-refractivity contribution in [3.8, 4) is 0 Å². The average molecular weight is 817 g/mol. The minimum absolute atomic E-state index is 0.0920. The zero-order valence-corrected chi connectivity index (χ0v) is 38.8. The van der Waals surface area contributed by atoms with Crippen LogP contribution in [0.5, 0.6) is 0 Å². The van der Waals surface area contributed by atoms with Crippen LogP contribution in [0.3, 0.4) is 0 Å². The lowest BCUT2D eigenvalue weighted by Crippen LogP contribution is -2.37. The van der Waals surface area contributed by atoms with Crippen LogP contribution in [-0.2, 0) is 27.9 Å². The number of hydrogen-bond donors (Lipinski definition) is 1. The standard InChI is InChI=1S/C47H94NO7P/c1-6-8-10-12-14-16-17-18-19-20-21-22-23-24-25-26-27-28-29-30-31-32-34-36-38-40-47(49)55-46(45-54-56(50,51)53-43-41-48(3,4)5)44-52-42-39-37-35-33-15-13-11-9-7-2/h20-21,46H,6-19,22-45H2,1-5H3/p+1/b21-20-. The molecule has 56 heavy (non-hydrogen) atoms. The molecular formula is C47H95NO7P+. The molecule has 1 N–H and O–H groups in total. The van der Waals surface area contributed by atoms with Crippen molar-refractivity contribution in [1.82, 2.24) is 0 Å². The highest BCUT2D eigenvalue weighted by molar-refractivity contribution is 7.47. The number of likely N-dealkylation sites (N-methyl/N-ethyl adjacent to an activating group) is 1. The van der Waals surface area contributed by atoms with Crippen molar-refractivity contribution in [3.63, 3.8) is 0 Å². The number of rotatable bonds is 45. The Balaban J connectivity index is 3.98. The predicted octanol–water partition coefficient (Wildman–Crippen LogP) is 14.2. The Kier molecular flexibility index (Phi) is 40.4. The number of quaternary nitrogens is 1. The number of carbonyl (C=O) groups excluding carboxylic acids is 1. The molecule has 0 saturated carbocycles. The van der Waals surface area contributed by atoms with Crippen molar-refractivity contribution >= 4 is 13.8 Å². The fourth-order valence-electron chi connectivity index (χ4n) is 6.84. The molecular weight excluding hydrogens is 721 g/mol. The first-order valence-electron chi connectivity index (χ1n) is 23.9. The third-order valence-corrected chi connectivity index (χ3v) is 11.6. The van der Waals surface area contributed by atoms with Crippen molar-refractivity contribution < 1.29 is 37.3 Å². The molecule has 9 heteroatoms. The minimum atomic E-state index is -4.26. The maximum absolute atomic E-state index is 12.7. The van der Waals surface area contributed by atoms with Gasteiger partial charge in [0.2, 0.25) is 0 Å². The molecule has 0 aliphatic heterocycles. The molecule has 0 aliphatic rings. The van der Waals surface area contributed by atoms with Crippen molar-refractivity contribution in [3.05, 3.63) is 12.2 Å². The number of carbonyl (C=O) groups is 1. The van der Waals surface area contributed by atoms with Gasteiger partial charge in [0.15, 0.2) is 0 Å². The average Bonchev–Trinajstić information content (AvgIpc) is 3.15. The molecule has 0 saturated heterocycles. The van der Waals surface area contributed by atoms with Gasteiger partial charge in [-0.05, 0) is 38.5 Å². The van der Waals surface area contributed by atoms with Gasteiger partial charge in [0.25, 0.3) is 0 Å². The molecule has 0 fully saturated rings. The van der Waals surface area contributed by atoms with Crippen molar-refractivity contribution in [2.75, 3.05) is 54.1 Å². The van der Waals surface area contributed by atoms with Gasteiger partial charge in [-0.3, -0.25) is 13.8 Å². The highest BCUT2D eigenvalue weighted by Gasteiger charge is 2.26. The second-order valence-electron chi connectivity index (χ2n) is 17.5. The van der Waals surface area contributed by atoms with Gasteiger partial charge < -0.3 is 18.9 Å². The Morgan fingerprint density at radius 3 is 1.36 bits per heavy atom. The lowest BCUT2D eigenvalue weighted by molar-refractivity contribution is -0.870. The lowest BCUT2D eigenvalue weighted by atomic mass is 10.0. The van der Waals surface area contributed by atoms with Crippen LogP contribution >= 0.6 is 7.82 Å². The first kappa shape index (κ1) is 55.2. The molecule has 0 bridgehead atoms. The quantitative estimate of drug-likeness (QED) is 0.0215. The number of esters is 1. The fraction of sp³-hybridized carbons (Fsp3) is 0.936. The van der Waals surface area contributed by atoms with Crippen LogP contribution in [0.2, 0.25) is 0 Å². The molecule has 0 aliphatic carbocycles. The van der Waals surface area contributed by atoms with Crippen molar-refractivity contribution in [2.24, 2.45) is 0 Å². The van der Waals surface area contributed by atoms with E-state index in [1.54, 1.807) is 0 Å². The maximum Gasteiger partial charge on any atom is 0.472 e. The van der Waals surface area contributed by atoms with Crippen LogP contribution in [0, 0.1) is 0 Å². The Bertz CT molecular complexity index is 909. The van der Waals surface area contributed by atoms with Crippen LogP contribution in [0.25, 0.3) is 0 Å². The van der Waals surface area contributed by atoms with E-state index < -0.39 is 13.9 Å². The number of unbranched alkanes of at least 4 members (excludes halogenated alkanes) is 29. The lowest BCUT2D eigenvalue weighted by Gasteiger charge is -2.24. The van der Waals surface area contributed by atoms with Gasteiger partial charge in [0.1, 0.15) is 19.3 Å². The molecule has 8 nitrogen and oxygen atoms in total. The Morgan fingerprint density at radius 2 is 0.929 bits per heavy atom. The molecule has 0 aromatic carbocycles. The van der Waals surface area contributed by atoms with E-state index in [2.05, 4.69) is 26.0 Å². The first-order valence-corrected chi connectivity index (χ1v) is 25.4. The summed E-state index contributed by atoms with van der Waals surface area (Å²) in [6.07, 6.45) is 45.5. The molecule has 0 radical (unpaired) electrons. The summed E-state index contributed by atoms with van der Waals surface area (Å²) in [5.74, 6) is -0.311. The molecule has 2 unspecified atom stereocenters. The molecule has 0 amide bonds. The molecule has 0 aromatic heterocycles. The van der Waals surface area contributed by atoms with Gasteiger partial charge >= 0.3 is 13.8 Å². The second kappa shape index (κ2) is 41.0. The number of allylic oxidation sites excluding steroid dienone is 2. The minimum Gasteiger partial charge on any atom is -0.457 e. The van der Waals surface area contributed by atoms with E-state index in [-0.39, 0.29) is 25.8 Å². The first-order chi connectivity index (χ1) is 27.1. The zero-order valence-electron chi connectivity index (χ0n) is 37.9. The smallest absolute Gasteiger partial charge is 0.457 e. The highest BCUT2D eigenvalue weighted by Crippen LogP contribution is 2.43. The van der Waals surface area contributed by atoms with E-state index in [0.29, 0.717) is 24.1 Å². The molecule has 0 rings (SSSR count). The number of hydrogen-bond acceptors (Lipinski definition) is 6. The summed E-state index contributed by atoms with van der Waals surface area (Å²) in [6, 6.07) is 0. The van der Waals surface area contributed by atoms with E-state index in [1.807, 2.05) is 21.1 Å². The summed E-state index contributed by atoms with van der Waals surface area (Å²) in [5.41, 5.74) is 0. The van der Waals surface area contributed by atoms with Crippen LogP contribution in [-0.4, -0.2) is 75.6 Å². The van der Waals surface area contributed by atoms with Gasteiger partial charge in [-0.2, -0.15) is 0 Å². The number of ether oxygens (including phenoxy) is 2. The molecule has 0 aromatic rings. The van der Waals surface area contributed by atoms with Gasteiger partial charge in [0.05, 0.1) is 34.4 Å². The van der Waals surface area contributed by atoms with E-state index in [4.69, 9.17) is 18.5 Å². The summed E-state index contributed by atoms with van der Waals surface area (Å²) in [5, 5.41) is 0. The summed E-state index contributed by atoms with van der Waals surface area (Å²) in [6.45, 7) is 5.65. The Morgan fingerprint density at radius 1 is 0.536 bits per heavy atom. The number of nitrogens with zero attached hydrogens (tertiary/aromatic N) is 1. The van der Waals surface area contributed by atoms with Crippen molar-refractivity contribution in [1.29, 1.82) is 0 Å². The molecule has 2 atom stereocenters. The SMILES string of the molecule is CCCCCCCCCC/C=C\CCCCCCCCCCCCCCCC(=O)OC(COCCCCCCCCCCC)COP(=O)(O)OCC[N+](C)(C)C. The zero-order chi connectivity index (χ0) is 41.3. The number of phosphoric ester groups is 1. The third kappa shape index (κ3) is 44.3. The van der Waals surface area contributed by atoms with E-state index in [0.717, 1.165) is 32.1 Å². The molecule has 0 spiro atoms. The molecule has 334 valence electrons. The summed E-state index contributed by atoms with van der Waals surface area (Å²) >= 11 is 0. The molecule has 0 heterocycles. The summed E-state index contributed by atoms with van der Waals surface area (Å²) in [4.78, 5) is 22.9. The second-order valence-corrected chi connectivity index (χ2v) is 19.0. The van der Waals surface area contributed by atoms with Gasteiger partial charge in [-0.1, -0.05) is 193 Å². The van der Waals surface area contributed by atoms with Crippen LogP contribution in [0.15, 0.2) is 12.2 Å². The normalized spacial score (nSPS) is 13.8. The van der Waals surface area contributed by atoms with Gasteiger partial charge in [-0.25, -0.2) is 4.57 Å². The Labute approximate surface area is 348 Å². The highest BCUT2D eigenvalue weighted by atomic mass is 31.2. The van der Waals surface area contributed by atoms with Gasteiger partial charge in [0, 0.05) is 13.0 Å². The maximum atomic E-state index is 12.7. The monoisotopic (exact) mass is 817 g/mol. The Hall–Kier alpha value is -0.760. The summed E-state index contributed by atoms with van der Waals surface area (Å²) < 4.78 is 35.0.